The Morgan fingerprint density at radius 3 is 2.92 bits per heavy atom. The summed E-state index contributed by atoms with van der Waals surface area (Å²) in [6.07, 6.45) is 0.603. The van der Waals surface area contributed by atoms with Gasteiger partial charge in [-0.05, 0) is 24.1 Å². The van der Waals surface area contributed by atoms with E-state index in [1.54, 1.807) is 12.1 Å². The fraction of sp³-hybridized carbons (Fsp3) is 0.300. The Morgan fingerprint density at radius 2 is 2.31 bits per heavy atom. The molecule has 1 rings (SSSR count). The second-order valence-corrected chi connectivity index (χ2v) is 2.96. The van der Waals surface area contributed by atoms with Gasteiger partial charge < -0.3 is 10.8 Å². The second-order valence-electron chi connectivity index (χ2n) is 2.96. The summed E-state index contributed by atoms with van der Waals surface area (Å²) in [5, 5.41) is 17.4. The Kier molecular flexibility index (Phi) is 3.44. The van der Waals surface area contributed by atoms with Crippen LogP contribution >= 0.6 is 0 Å². The Balaban J connectivity index is 2.73. The van der Waals surface area contributed by atoms with E-state index in [1.165, 1.54) is 0 Å². The van der Waals surface area contributed by atoms with Crippen molar-refractivity contribution in [2.45, 2.75) is 12.5 Å². The molecule has 0 amide bonds. The van der Waals surface area contributed by atoms with Gasteiger partial charge in [0.25, 0.3) is 0 Å². The maximum absolute atomic E-state index is 8.73. The minimum atomic E-state index is -0.242. The molecule has 3 N–H and O–H groups in total. The summed E-state index contributed by atoms with van der Waals surface area (Å²) in [5.74, 6) is 0. The average molecular weight is 176 g/mol. The van der Waals surface area contributed by atoms with Crippen LogP contribution in [0.3, 0.4) is 0 Å². The van der Waals surface area contributed by atoms with Gasteiger partial charge in [0, 0.05) is 6.04 Å². The van der Waals surface area contributed by atoms with Crippen molar-refractivity contribution in [1.29, 1.82) is 5.26 Å². The van der Waals surface area contributed by atoms with E-state index in [9.17, 15) is 0 Å². The summed E-state index contributed by atoms with van der Waals surface area (Å²) < 4.78 is 0. The molecule has 0 aromatic heterocycles. The van der Waals surface area contributed by atoms with Crippen molar-refractivity contribution in [1.82, 2.24) is 0 Å². The standard InChI is InChI=1S/C10H12N2O/c11-6-9-3-1-2-8(4-9)5-10(12)7-13/h1-4,10,13H,5,7,12H2/t10-/m1/s1. The van der Waals surface area contributed by atoms with Gasteiger partial charge in [0.05, 0.1) is 18.2 Å². The molecule has 68 valence electrons. The highest BCUT2D eigenvalue weighted by atomic mass is 16.3. The summed E-state index contributed by atoms with van der Waals surface area (Å²) in [7, 11) is 0. The van der Waals surface area contributed by atoms with Crippen LogP contribution < -0.4 is 5.73 Å². The number of nitrogens with zero attached hydrogens (tertiary/aromatic N) is 1. The summed E-state index contributed by atoms with van der Waals surface area (Å²) in [5.41, 5.74) is 7.18. The fourth-order valence-electron chi connectivity index (χ4n) is 1.14. The van der Waals surface area contributed by atoms with Gasteiger partial charge in [0.2, 0.25) is 0 Å². The predicted molar refractivity (Wildman–Crippen MR) is 49.9 cm³/mol. The molecule has 0 fully saturated rings. The molecule has 1 aromatic rings. The number of aliphatic hydroxyl groups is 1. The van der Waals surface area contributed by atoms with E-state index in [2.05, 4.69) is 6.07 Å². The molecule has 0 bridgehead atoms. The minimum Gasteiger partial charge on any atom is -0.395 e. The zero-order valence-electron chi connectivity index (χ0n) is 7.27. The first kappa shape index (κ1) is 9.72. The number of hydrogen-bond donors (Lipinski definition) is 2. The fourth-order valence-corrected chi connectivity index (χ4v) is 1.14. The molecule has 0 radical (unpaired) electrons. The van der Waals surface area contributed by atoms with Crippen LogP contribution in [-0.2, 0) is 6.42 Å². The van der Waals surface area contributed by atoms with E-state index in [-0.39, 0.29) is 12.6 Å². The van der Waals surface area contributed by atoms with Crippen LogP contribution in [0.1, 0.15) is 11.1 Å². The first-order valence-electron chi connectivity index (χ1n) is 4.11. The lowest BCUT2D eigenvalue weighted by molar-refractivity contribution is 0.265. The van der Waals surface area contributed by atoms with Crippen molar-refractivity contribution < 1.29 is 5.11 Å². The quantitative estimate of drug-likeness (QED) is 0.701. The number of nitriles is 1. The van der Waals surface area contributed by atoms with Gasteiger partial charge in [0.15, 0.2) is 0 Å². The Labute approximate surface area is 77.4 Å². The average Bonchev–Trinajstić information content (AvgIpc) is 2.18. The van der Waals surface area contributed by atoms with Crippen LogP contribution in [0, 0.1) is 11.3 Å². The van der Waals surface area contributed by atoms with Crippen LogP contribution in [0.5, 0.6) is 0 Å². The molecule has 0 spiro atoms. The van der Waals surface area contributed by atoms with Crippen molar-refractivity contribution >= 4 is 0 Å². The van der Waals surface area contributed by atoms with E-state index in [0.29, 0.717) is 12.0 Å². The zero-order chi connectivity index (χ0) is 9.68. The van der Waals surface area contributed by atoms with Crippen molar-refractivity contribution in [3.63, 3.8) is 0 Å². The van der Waals surface area contributed by atoms with Gasteiger partial charge in [-0.3, -0.25) is 0 Å². The van der Waals surface area contributed by atoms with E-state index < -0.39 is 0 Å². The van der Waals surface area contributed by atoms with Gasteiger partial charge in [-0.15, -0.1) is 0 Å². The molecule has 1 aromatic carbocycles. The maximum Gasteiger partial charge on any atom is 0.0991 e. The van der Waals surface area contributed by atoms with Crippen LogP contribution in [0.4, 0.5) is 0 Å². The van der Waals surface area contributed by atoms with Gasteiger partial charge in [-0.25, -0.2) is 0 Å². The second kappa shape index (κ2) is 4.61. The Bertz CT molecular complexity index is 317. The van der Waals surface area contributed by atoms with Crippen LogP contribution in [0.2, 0.25) is 0 Å². The maximum atomic E-state index is 8.73. The van der Waals surface area contributed by atoms with Crippen LogP contribution in [0.25, 0.3) is 0 Å². The molecule has 0 saturated carbocycles. The molecule has 1 atom stereocenters. The molecule has 0 aliphatic heterocycles. The number of nitrogens with two attached hydrogens (primary N) is 1. The third-order valence-corrected chi connectivity index (χ3v) is 1.79. The number of rotatable bonds is 3. The van der Waals surface area contributed by atoms with Gasteiger partial charge in [-0.1, -0.05) is 12.1 Å². The number of benzene rings is 1. The molecule has 13 heavy (non-hydrogen) atoms. The molecular weight excluding hydrogens is 164 g/mol. The highest BCUT2D eigenvalue weighted by Gasteiger charge is 2.02. The molecule has 0 aliphatic rings. The highest BCUT2D eigenvalue weighted by Crippen LogP contribution is 2.05. The van der Waals surface area contributed by atoms with Crippen LogP contribution in [-0.4, -0.2) is 17.8 Å². The van der Waals surface area contributed by atoms with Gasteiger partial charge >= 0.3 is 0 Å². The minimum absolute atomic E-state index is 0.0310. The van der Waals surface area contributed by atoms with E-state index >= 15 is 0 Å². The monoisotopic (exact) mass is 176 g/mol. The SMILES string of the molecule is N#Cc1cccc(C[C@@H](N)CO)c1. The number of hydrogen-bond acceptors (Lipinski definition) is 3. The topological polar surface area (TPSA) is 70.0 Å². The normalized spacial score (nSPS) is 12.1. The molecule has 3 heteroatoms. The highest BCUT2D eigenvalue weighted by molar-refractivity contribution is 5.33. The van der Waals surface area contributed by atoms with E-state index in [0.717, 1.165) is 5.56 Å². The van der Waals surface area contributed by atoms with E-state index in [1.807, 2.05) is 12.1 Å². The van der Waals surface area contributed by atoms with Gasteiger partial charge in [-0.2, -0.15) is 5.26 Å². The van der Waals surface area contributed by atoms with Crippen molar-refractivity contribution in [2.24, 2.45) is 5.73 Å². The Hall–Kier alpha value is -1.37. The largest absolute Gasteiger partial charge is 0.395 e. The molecule has 3 nitrogen and oxygen atoms in total. The Morgan fingerprint density at radius 1 is 1.54 bits per heavy atom. The molecular formula is C10H12N2O. The molecule has 0 unspecified atom stereocenters. The first-order valence-corrected chi connectivity index (χ1v) is 4.11. The summed E-state index contributed by atoms with van der Waals surface area (Å²) in [6, 6.07) is 9.06. The third kappa shape index (κ3) is 2.86. The number of aliphatic hydroxyl groups excluding tert-OH is 1. The predicted octanol–water partition coefficient (Wildman–Crippen LogP) is 0.420. The van der Waals surface area contributed by atoms with Crippen LogP contribution in [0.15, 0.2) is 24.3 Å². The third-order valence-electron chi connectivity index (χ3n) is 1.79. The summed E-state index contributed by atoms with van der Waals surface area (Å²) in [4.78, 5) is 0. The smallest absolute Gasteiger partial charge is 0.0991 e. The van der Waals surface area contributed by atoms with Crippen molar-refractivity contribution in [3.05, 3.63) is 35.4 Å². The molecule has 0 aliphatic carbocycles. The van der Waals surface area contributed by atoms with Crippen molar-refractivity contribution in [2.75, 3.05) is 6.61 Å². The first-order chi connectivity index (χ1) is 6.26. The van der Waals surface area contributed by atoms with Crippen molar-refractivity contribution in [3.8, 4) is 6.07 Å². The zero-order valence-corrected chi connectivity index (χ0v) is 7.27. The van der Waals surface area contributed by atoms with Gasteiger partial charge in [0.1, 0.15) is 0 Å². The summed E-state index contributed by atoms with van der Waals surface area (Å²) >= 11 is 0. The lowest BCUT2D eigenvalue weighted by Gasteiger charge is -2.07. The molecule has 0 saturated heterocycles. The molecule has 0 heterocycles. The summed E-state index contributed by atoms with van der Waals surface area (Å²) in [6.45, 7) is -0.0310. The lowest BCUT2D eigenvalue weighted by Crippen LogP contribution is -2.26. The van der Waals surface area contributed by atoms with E-state index in [4.69, 9.17) is 16.1 Å². The lowest BCUT2D eigenvalue weighted by atomic mass is 10.0.